The lowest BCUT2D eigenvalue weighted by atomic mass is 9.96. The van der Waals surface area contributed by atoms with Gasteiger partial charge in [-0.25, -0.2) is 0 Å². The number of fused-ring (bicyclic) bond motifs is 1. The molecule has 1 unspecified atom stereocenters. The smallest absolute Gasteiger partial charge is 0.0108 e. The molecule has 0 bridgehead atoms. The van der Waals surface area contributed by atoms with Crippen LogP contribution in [0.25, 0.3) is 0 Å². The van der Waals surface area contributed by atoms with Crippen molar-refractivity contribution >= 4 is 0 Å². The Balaban J connectivity index is 2.03. The molecule has 0 aromatic rings. The van der Waals surface area contributed by atoms with Crippen molar-refractivity contribution in [3.05, 3.63) is 0 Å². The molecule has 40 valence electrons. The second-order valence-corrected chi connectivity index (χ2v) is 2.71. The minimum absolute atomic E-state index is 0.944. The van der Waals surface area contributed by atoms with E-state index in [1.807, 2.05) is 0 Å². The van der Waals surface area contributed by atoms with E-state index in [4.69, 9.17) is 0 Å². The van der Waals surface area contributed by atoms with E-state index in [2.05, 4.69) is 5.32 Å². The second kappa shape index (κ2) is 1.22. The molecule has 7 heavy (non-hydrogen) atoms. The molecule has 2 rings (SSSR count). The molecule has 0 aromatic heterocycles. The zero-order valence-corrected chi connectivity index (χ0v) is 4.48. The summed E-state index contributed by atoms with van der Waals surface area (Å²) in [6.07, 6.45) is 4.42. The zero-order chi connectivity index (χ0) is 4.69. The van der Waals surface area contributed by atoms with Crippen LogP contribution in [0.3, 0.4) is 0 Å². The van der Waals surface area contributed by atoms with Gasteiger partial charge in [0.25, 0.3) is 0 Å². The Labute approximate surface area is 44.1 Å². The third-order valence-electron chi connectivity index (χ3n) is 2.30. The molecule has 1 saturated carbocycles. The third-order valence-corrected chi connectivity index (χ3v) is 2.30. The fourth-order valence-electron chi connectivity index (χ4n) is 1.69. The van der Waals surface area contributed by atoms with Gasteiger partial charge in [0.05, 0.1) is 0 Å². The van der Waals surface area contributed by atoms with E-state index in [0.717, 1.165) is 12.0 Å². The lowest BCUT2D eigenvalue weighted by molar-refractivity contribution is 0.274. The van der Waals surface area contributed by atoms with Crippen molar-refractivity contribution in [3.8, 4) is 0 Å². The van der Waals surface area contributed by atoms with E-state index in [0.29, 0.717) is 0 Å². The van der Waals surface area contributed by atoms with E-state index >= 15 is 0 Å². The summed E-state index contributed by atoms with van der Waals surface area (Å²) in [6, 6.07) is 0.944. The third kappa shape index (κ3) is 0.418. The molecule has 1 aliphatic carbocycles. The van der Waals surface area contributed by atoms with E-state index in [9.17, 15) is 0 Å². The molecule has 1 N–H and O–H groups in total. The van der Waals surface area contributed by atoms with Gasteiger partial charge in [-0.2, -0.15) is 0 Å². The summed E-state index contributed by atoms with van der Waals surface area (Å²) in [6.45, 7) is 1.31. The topological polar surface area (TPSA) is 12.0 Å². The highest BCUT2D eigenvalue weighted by molar-refractivity contribution is 4.92. The summed E-state index contributed by atoms with van der Waals surface area (Å²) in [7, 11) is 0. The summed E-state index contributed by atoms with van der Waals surface area (Å²) in [4.78, 5) is 0. The Morgan fingerprint density at radius 1 is 1.29 bits per heavy atom. The van der Waals surface area contributed by atoms with Crippen molar-refractivity contribution in [2.45, 2.75) is 25.3 Å². The van der Waals surface area contributed by atoms with Gasteiger partial charge < -0.3 is 5.32 Å². The Morgan fingerprint density at radius 2 is 2.29 bits per heavy atom. The van der Waals surface area contributed by atoms with Crippen LogP contribution < -0.4 is 5.32 Å². The Kier molecular flexibility index (Phi) is 0.680. The highest BCUT2D eigenvalue weighted by atomic mass is 15.0. The molecule has 2 atom stereocenters. The van der Waals surface area contributed by atoms with Crippen LogP contribution in [0.15, 0.2) is 0 Å². The Morgan fingerprint density at radius 3 is 2.57 bits per heavy atom. The molecule has 0 aromatic carbocycles. The van der Waals surface area contributed by atoms with Crippen molar-refractivity contribution in [1.29, 1.82) is 0 Å². The standard InChI is InChI=1S/C6H11N/c1-2-5-4-7-6(5)3-1/h5-7H,1-4H2/t5-,6?/m1/s1. The van der Waals surface area contributed by atoms with Crippen LogP contribution in [0.1, 0.15) is 19.3 Å². The van der Waals surface area contributed by atoms with Crippen LogP contribution in [-0.4, -0.2) is 12.6 Å². The first-order valence-electron chi connectivity index (χ1n) is 3.20. The molecule has 0 spiro atoms. The van der Waals surface area contributed by atoms with Gasteiger partial charge in [0, 0.05) is 6.04 Å². The minimum Gasteiger partial charge on any atom is -0.313 e. The lowest BCUT2D eigenvalue weighted by Gasteiger charge is -2.31. The van der Waals surface area contributed by atoms with Gasteiger partial charge in [0.15, 0.2) is 0 Å². The molecule has 1 saturated heterocycles. The van der Waals surface area contributed by atoms with Crippen molar-refractivity contribution in [1.82, 2.24) is 5.32 Å². The Hall–Kier alpha value is -0.0400. The zero-order valence-electron chi connectivity index (χ0n) is 4.48. The molecule has 0 amide bonds. The van der Waals surface area contributed by atoms with Crippen LogP contribution in [-0.2, 0) is 0 Å². The van der Waals surface area contributed by atoms with Crippen LogP contribution in [0, 0.1) is 5.92 Å². The predicted molar refractivity (Wildman–Crippen MR) is 29.1 cm³/mol. The van der Waals surface area contributed by atoms with Gasteiger partial charge in [0.2, 0.25) is 0 Å². The van der Waals surface area contributed by atoms with Crippen LogP contribution in [0.2, 0.25) is 0 Å². The van der Waals surface area contributed by atoms with Gasteiger partial charge in [-0.1, -0.05) is 6.42 Å². The summed E-state index contributed by atoms with van der Waals surface area (Å²) in [5.41, 5.74) is 0. The van der Waals surface area contributed by atoms with Crippen LogP contribution in [0.4, 0.5) is 0 Å². The quantitative estimate of drug-likeness (QED) is 0.470. The van der Waals surface area contributed by atoms with E-state index in [1.165, 1.54) is 25.8 Å². The maximum Gasteiger partial charge on any atom is 0.0108 e. The van der Waals surface area contributed by atoms with E-state index in [-0.39, 0.29) is 0 Å². The molecule has 1 heteroatoms. The molecule has 1 nitrogen and oxygen atoms in total. The fraction of sp³-hybridized carbons (Fsp3) is 1.00. The fourth-order valence-corrected chi connectivity index (χ4v) is 1.69. The first-order chi connectivity index (χ1) is 3.47. The number of rotatable bonds is 0. The molecule has 2 aliphatic rings. The molecule has 2 fully saturated rings. The van der Waals surface area contributed by atoms with E-state index in [1.54, 1.807) is 0 Å². The van der Waals surface area contributed by atoms with Crippen molar-refractivity contribution < 1.29 is 0 Å². The first-order valence-corrected chi connectivity index (χ1v) is 3.20. The van der Waals surface area contributed by atoms with E-state index < -0.39 is 0 Å². The lowest BCUT2D eigenvalue weighted by Crippen LogP contribution is -2.49. The molecular formula is C6H11N. The van der Waals surface area contributed by atoms with Crippen molar-refractivity contribution in [2.24, 2.45) is 5.92 Å². The number of hydrogen-bond acceptors (Lipinski definition) is 1. The largest absolute Gasteiger partial charge is 0.313 e. The maximum absolute atomic E-state index is 3.41. The SMILES string of the molecule is C1CC2NC[C@H]2C1. The normalized spacial score (nSPS) is 48.0. The Bertz CT molecular complexity index is 70.2. The van der Waals surface area contributed by atoms with Gasteiger partial charge in [-0.3, -0.25) is 0 Å². The van der Waals surface area contributed by atoms with Gasteiger partial charge in [-0.15, -0.1) is 0 Å². The van der Waals surface area contributed by atoms with Crippen molar-refractivity contribution in [2.75, 3.05) is 6.54 Å². The molecule has 1 aliphatic heterocycles. The van der Waals surface area contributed by atoms with Crippen LogP contribution >= 0.6 is 0 Å². The summed E-state index contributed by atoms with van der Waals surface area (Å²) in [5, 5.41) is 3.41. The molecule has 1 heterocycles. The summed E-state index contributed by atoms with van der Waals surface area (Å²) in [5.74, 6) is 1.08. The van der Waals surface area contributed by atoms with Gasteiger partial charge in [-0.05, 0) is 25.3 Å². The molecule has 0 radical (unpaired) electrons. The minimum atomic E-state index is 0.944. The monoisotopic (exact) mass is 97.1 g/mol. The average molecular weight is 97.2 g/mol. The maximum atomic E-state index is 3.41. The number of hydrogen-bond donors (Lipinski definition) is 1. The first kappa shape index (κ1) is 3.90. The highest BCUT2D eigenvalue weighted by Crippen LogP contribution is 2.30. The highest BCUT2D eigenvalue weighted by Gasteiger charge is 2.33. The molecular weight excluding hydrogens is 86.1 g/mol. The van der Waals surface area contributed by atoms with Gasteiger partial charge in [0.1, 0.15) is 0 Å². The summed E-state index contributed by atoms with van der Waals surface area (Å²) >= 11 is 0. The summed E-state index contributed by atoms with van der Waals surface area (Å²) < 4.78 is 0. The van der Waals surface area contributed by atoms with Crippen molar-refractivity contribution in [3.63, 3.8) is 0 Å². The van der Waals surface area contributed by atoms with Gasteiger partial charge >= 0.3 is 0 Å². The second-order valence-electron chi connectivity index (χ2n) is 2.71. The van der Waals surface area contributed by atoms with Crippen LogP contribution in [0.5, 0.6) is 0 Å². The average Bonchev–Trinajstić information content (AvgIpc) is 1.85. The number of nitrogens with one attached hydrogen (secondary N) is 1. The predicted octanol–water partition coefficient (Wildman–Crippen LogP) is 0.758.